The normalized spacial score (nSPS) is 18.2. The fourth-order valence-electron chi connectivity index (χ4n) is 2.52. The molecule has 0 bridgehead atoms. The van der Waals surface area contributed by atoms with Crippen LogP contribution in [0.2, 0.25) is 0 Å². The van der Waals surface area contributed by atoms with Crippen LogP contribution in [0, 0.1) is 5.92 Å². The quantitative estimate of drug-likeness (QED) is 0.927. The van der Waals surface area contributed by atoms with E-state index in [2.05, 4.69) is 0 Å². The minimum Gasteiger partial charge on any atom is -0.504 e. The van der Waals surface area contributed by atoms with E-state index in [-0.39, 0.29) is 18.6 Å². The largest absolute Gasteiger partial charge is 0.504 e. The Labute approximate surface area is 116 Å². The van der Waals surface area contributed by atoms with Crippen molar-refractivity contribution in [1.29, 1.82) is 0 Å². The van der Waals surface area contributed by atoms with Gasteiger partial charge in [-0.15, -0.1) is 0 Å². The average Bonchev–Trinajstić information content (AvgIpc) is 2.41. The Kier molecular flexibility index (Phi) is 4.42. The van der Waals surface area contributed by atoms with Gasteiger partial charge < -0.3 is 9.84 Å². The second kappa shape index (κ2) is 5.91. The van der Waals surface area contributed by atoms with Gasteiger partial charge in [-0.2, -0.15) is 13.2 Å². The van der Waals surface area contributed by atoms with Gasteiger partial charge in [0.1, 0.15) is 0 Å². The number of halogens is 3. The zero-order valence-electron chi connectivity index (χ0n) is 11.3. The Morgan fingerprint density at radius 2 is 1.95 bits per heavy atom. The van der Waals surface area contributed by atoms with E-state index in [4.69, 9.17) is 4.74 Å². The van der Waals surface area contributed by atoms with Gasteiger partial charge in [-0.05, 0) is 32.0 Å². The number of hydrogen-bond acceptors (Lipinski definition) is 3. The minimum atomic E-state index is -4.09. The molecule has 3 nitrogen and oxygen atoms in total. The van der Waals surface area contributed by atoms with Crippen LogP contribution in [-0.4, -0.2) is 36.4 Å². The van der Waals surface area contributed by atoms with Gasteiger partial charge in [-0.3, -0.25) is 4.90 Å². The number of likely N-dealkylation sites (tertiary alicyclic amines) is 1. The number of aromatic hydroxyl groups is 1. The lowest BCUT2D eigenvalue weighted by Crippen LogP contribution is -2.38. The third-order valence-electron chi connectivity index (χ3n) is 3.75. The standard InChI is InChI=1S/C14H18F3NO2/c1-20-12-4-2-3-10(13(12)19)9-18-7-5-11(6-8-18)14(15,16)17/h2-4,11,19H,5-9H2,1H3. The van der Waals surface area contributed by atoms with Crippen LogP contribution in [0.1, 0.15) is 18.4 Å². The molecule has 1 N–H and O–H groups in total. The first-order valence-electron chi connectivity index (χ1n) is 6.55. The Bertz CT molecular complexity index is 454. The summed E-state index contributed by atoms with van der Waals surface area (Å²) in [6, 6.07) is 5.17. The highest BCUT2D eigenvalue weighted by atomic mass is 19.4. The molecule has 0 amide bonds. The molecule has 1 fully saturated rings. The molecule has 0 unspecified atom stereocenters. The van der Waals surface area contributed by atoms with E-state index in [1.165, 1.54) is 7.11 Å². The molecule has 0 atom stereocenters. The number of methoxy groups -OCH3 is 1. The van der Waals surface area contributed by atoms with E-state index in [9.17, 15) is 18.3 Å². The molecule has 1 saturated heterocycles. The molecule has 1 heterocycles. The van der Waals surface area contributed by atoms with Crippen molar-refractivity contribution < 1.29 is 23.0 Å². The lowest BCUT2D eigenvalue weighted by atomic mass is 9.96. The topological polar surface area (TPSA) is 32.7 Å². The van der Waals surface area contributed by atoms with Gasteiger partial charge in [-0.1, -0.05) is 12.1 Å². The minimum absolute atomic E-state index is 0.0629. The van der Waals surface area contributed by atoms with Crippen LogP contribution in [0.4, 0.5) is 13.2 Å². The van der Waals surface area contributed by atoms with E-state index < -0.39 is 12.1 Å². The molecule has 2 rings (SSSR count). The molecule has 1 aliphatic rings. The van der Waals surface area contributed by atoms with Gasteiger partial charge in [0, 0.05) is 12.1 Å². The van der Waals surface area contributed by atoms with E-state index in [0.717, 1.165) is 0 Å². The predicted octanol–water partition coefficient (Wildman–Crippen LogP) is 3.18. The number of nitrogens with zero attached hydrogens (tertiary/aromatic N) is 1. The first kappa shape index (κ1) is 15.0. The van der Waals surface area contributed by atoms with Gasteiger partial charge in [0.15, 0.2) is 11.5 Å². The molecule has 0 spiro atoms. The van der Waals surface area contributed by atoms with Gasteiger partial charge in [-0.25, -0.2) is 0 Å². The summed E-state index contributed by atoms with van der Waals surface area (Å²) >= 11 is 0. The van der Waals surface area contributed by atoms with Crippen LogP contribution >= 0.6 is 0 Å². The van der Waals surface area contributed by atoms with Crippen molar-refractivity contribution in [2.75, 3.05) is 20.2 Å². The molecule has 0 saturated carbocycles. The summed E-state index contributed by atoms with van der Waals surface area (Å²) in [5.41, 5.74) is 0.676. The highest BCUT2D eigenvalue weighted by Crippen LogP contribution is 2.35. The van der Waals surface area contributed by atoms with Gasteiger partial charge >= 0.3 is 6.18 Å². The second-order valence-corrected chi connectivity index (χ2v) is 5.06. The van der Waals surface area contributed by atoms with E-state index in [1.807, 2.05) is 4.90 Å². The van der Waals surface area contributed by atoms with Crippen LogP contribution in [0.3, 0.4) is 0 Å². The van der Waals surface area contributed by atoms with Crippen molar-refractivity contribution in [3.8, 4) is 11.5 Å². The SMILES string of the molecule is COc1cccc(CN2CCC(C(F)(F)F)CC2)c1O. The summed E-state index contributed by atoms with van der Waals surface area (Å²) in [4.78, 5) is 1.93. The second-order valence-electron chi connectivity index (χ2n) is 5.06. The van der Waals surface area contributed by atoms with Crippen LogP contribution in [-0.2, 0) is 6.54 Å². The highest BCUT2D eigenvalue weighted by molar-refractivity contribution is 5.45. The number of benzene rings is 1. The predicted molar refractivity (Wildman–Crippen MR) is 68.7 cm³/mol. The zero-order chi connectivity index (χ0) is 14.8. The molecule has 20 heavy (non-hydrogen) atoms. The number of piperidine rings is 1. The molecular weight excluding hydrogens is 271 g/mol. The summed E-state index contributed by atoms with van der Waals surface area (Å²) in [5.74, 6) is -0.752. The summed E-state index contributed by atoms with van der Waals surface area (Å²) in [6.07, 6.45) is -3.85. The molecule has 0 aromatic heterocycles. The first-order valence-corrected chi connectivity index (χ1v) is 6.55. The summed E-state index contributed by atoms with van der Waals surface area (Å²) in [7, 11) is 1.47. The third-order valence-corrected chi connectivity index (χ3v) is 3.75. The molecule has 0 aliphatic carbocycles. The molecule has 1 aliphatic heterocycles. The molecule has 6 heteroatoms. The van der Waals surface area contributed by atoms with Crippen molar-refractivity contribution in [2.45, 2.75) is 25.6 Å². The lowest BCUT2D eigenvalue weighted by Gasteiger charge is -2.33. The Balaban J connectivity index is 1.96. The highest BCUT2D eigenvalue weighted by Gasteiger charge is 2.41. The monoisotopic (exact) mass is 289 g/mol. The average molecular weight is 289 g/mol. The number of phenolic OH excluding ortho intramolecular Hbond substituents is 1. The summed E-state index contributed by atoms with van der Waals surface area (Å²) in [5, 5.41) is 9.97. The number of alkyl halides is 3. The lowest BCUT2D eigenvalue weighted by molar-refractivity contribution is -0.185. The first-order chi connectivity index (χ1) is 9.41. The van der Waals surface area contributed by atoms with Crippen molar-refractivity contribution >= 4 is 0 Å². The van der Waals surface area contributed by atoms with Gasteiger partial charge in [0.25, 0.3) is 0 Å². The van der Waals surface area contributed by atoms with Gasteiger partial charge in [0.2, 0.25) is 0 Å². The maximum Gasteiger partial charge on any atom is 0.391 e. The summed E-state index contributed by atoms with van der Waals surface area (Å²) < 4.78 is 42.8. The van der Waals surface area contributed by atoms with Crippen molar-refractivity contribution in [2.24, 2.45) is 5.92 Å². The molecule has 1 aromatic carbocycles. The summed E-state index contributed by atoms with van der Waals surface area (Å²) in [6.45, 7) is 1.22. The maximum atomic E-state index is 12.6. The maximum absolute atomic E-state index is 12.6. The molecule has 0 radical (unpaired) electrons. The van der Waals surface area contributed by atoms with Crippen molar-refractivity contribution in [3.63, 3.8) is 0 Å². The fraction of sp³-hybridized carbons (Fsp3) is 0.571. The number of hydrogen-bond donors (Lipinski definition) is 1. The van der Waals surface area contributed by atoms with E-state index in [1.54, 1.807) is 18.2 Å². The van der Waals surface area contributed by atoms with Crippen LogP contribution < -0.4 is 4.74 Å². The van der Waals surface area contributed by atoms with Crippen LogP contribution in [0.15, 0.2) is 18.2 Å². The Morgan fingerprint density at radius 1 is 1.30 bits per heavy atom. The zero-order valence-corrected chi connectivity index (χ0v) is 11.3. The van der Waals surface area contributed by atoms with E-state index >= 15 is 0 Å². The van der Waals surface area contributed by atoms with E-state index in [0.29, 0.717) is 30.9 Å². The fourth-order valence-corrected chi connectivity index (χ4v) is 2.52. The molecule has 1 aromatic rings. The third kappa shape index (κ3) is 3.36. The number of ether oxygens (including phenoxy) is 1. The van der Waals surface area contributed by atoms with Gasteiger partial charge in [0.05, 0.1) is 13.0 Å². The number of para-hydroxylation sites is 1. The molecular formula is C14H18F3NO2. The Morgan fingerprint density at radius 3 is 2.50 bits per heavy atom. The number of phenols is 1. The van der Waals surface area contributed by atoms with Crippen molar-refractivity contribution in [1.82, 2.24) is 4.90 Å². The van der Waals surface area contributed by atoms with Crippen LogP contribution in [0.5, 0.6) is 11.5 Å². The Hall–Kier alpha value is -1.43. The number of rotatable bonds is 3. The van der Waals surface area contributed by atoms with Crippen molar-refractivity contribution in [3.05, 3.63) is 23.8 Å². The smallest absolute Gasteiger partial charge is 0.391 e. The molecule has 112 valence electrons. The van der Waals surface area contributed by atoms with Crippen LogP contribution in [0.25, 0.3) is 0 Å².